The highest BCUT2D eigenvalue weighted by molar-refractivity contribution is 7.91. The van der Waals surface area contributed by atoms with Crippen LogP contribution in [0.15, 0.2) is 24.3 Å². The first-order chi connectivity index (χ1) is 6.15. The minimum Gasteiger partial charge on any atom is -0.395 e. The Hall–Kier alpha value is -0.870. The Kier molecular flexibility index (Phi) is 1.89. The minimum atomic E-state index is -3.15. The first-order valence-electron chi connectivity index (χ1n) is 4.05. The molecule has 0 spiro atoms. The van der Waals surface area contributed by atoms with Crippen LogP contribution in [-0.2, 0) is 15.6 Å². The molecular formula is C9H10O3S. The zero-order valence-corrected chi connectivity index (χ0v) is 7.79. The maximum atomic E-state index is 11.5. The van der Waals surface area contributed by atoms with E-state index >= 15 is 0 Å². The van der Waals surface area contributed by atoms with Crippen molar-refractivity contribution >= 4 is 9.84 Å². The first-order valence-corrected chi connectivity index (χ1v) is 5.77. The van der Waals surface area contributed by atoms with E-state index in [4.69, 9.17) is 5.11 Å². The molecule has 0 aromatic heterocycles. The second-order valence-electron chi connectivity index (χ2n) is 3.18. The molecule has 0 radical (unpaired) electrons. The highest BCUT2D eigenvalue weighted by atomic mass is 32.2. The van der Waals surface area contributed by atoms with Crippen molar-refractivity contribution in [1.29, 1.82) is 0 Å². The second kappa shape index (κ2) is 2.82. The Morgan fingerprint density at radius 2 is 2.08 bits per heavy atom. The predicted molar refractivity (Wildman–Crippen MR) is 48.9 cm³/mol. The Labute approximate surface area is 76.9 Å². The van der Waals surface area contributed by atoms with Crippen molar-refractivity contribution in [3.05, 3.63) is 35.4 Å². The molecule has 0 fully saturated rings. The summed E-state index contributed by atoms with van der Waals surface area (Å²) in [5.74, 6) is 0.0639. The minimum absolute atomic E-state index is 0.0639. The molecule has 13 heavy (non-hydrogen) atoms. The zero-order chi connectivity index (χ0) is 9.47. The maximum absolute atomic E-state index is 11.5. The van der Waals surface area contributed by atoms with E-state index in [0.29, 0.717) is 0 Å². The number of hydrogen-bond donors (Lipinski definition) is 1. The summed E-state index contributed by atoms with van der Waals surface area (Å²) in [7, 11) is -3.15. The smallest absolute Gasteiger partial charge is 0.163 e. The van der Waals surface area contributed by atoms with E-state index in [1.807, 2.05) is 6.07 Å². The Balaban J connectivity index is 2.59. The Bertz CT molecular complexity index is 422. The summed E-state index contributed by atoms with van der Waals surface area (Å²) in [6.45, 7) is -0.320. The van der Waals surface area contributed by atoms with Gasteiger partial charge in [-0.05, 0) is 11.1 Å². The van der Waals surface area contributed by atoms with E-state index in [9.17, 15) is 8.42 Å². The van der Waals surface area contributed by atoms with Crippen LogP contribution in [0.1, 0.15) is 16.4 Å². The van der Waals surface area contributed by atoms with E-state index in [1.54, 1.807) is 18.2 Å². The van der Waals surface area contributed by atoms with Gasteiger partial charge in [0.1, 0.15) is 5.25 Å². The van der Waals surface area contributed by atoms with E-state index in [0.717, 1.165) is 11.1 Å². The number of sulfone groups is 1. The van der Waals surface area contributed by atoms with Gasteiger partial charge in [0.15, 0.2) is 9.84 Å². The van der Waals surface area contributed by atoms with Gasteiger partial charge in [-0.15, -0.1) is 0 Å². The number of aliphatic hydroxyl groups excluding tert-OH is 1. The van der Waals surface area contributed by atoms with Crippen LogP contribution in [0.4, 0.5) is 0 Å². The van der Waals surface area contributed by atoms with E-state index < -0.39 is 15.1 Å². The lowest BCUT2D eigenvalue weighted by Crippen LogP contribution is -2.10. The number of fused-ring (bicyclic) bond motifs is 1. The van der Waals surface area contributed by atoms with Gasteiger partial charge in [0.25, 0.3) is 0 Å². The van der Waals surface area contributed by atoms with Crippen LogP contribution in [0.25, 0.3) is 0 Å². The summed E-state index contributed by atoms with van der Waals surface area (Å²) in [6, 6.07) is 7.17. The molecule has 70 valence electrons. The summed E-state index contributed by atoms with van der Waals surface area (Å²) < 4.78 is 23.0. The van der Waals surface area contributed by atoms with E-state index in [1.165, 1.54) is 0 Å². The molecule has 1 aliphatic heterocycles. The molecule has 0 saturated carbocycles. The monoisotopic (exact) mass is 198 g/mol. The molecule has 2 rings (SSSR count). The number of rotatable bonds is 1. The SMILES string of the molecule is O=S1(=O)Cc2ccccc2C1CO. The van der Waals surface area contributed by atoms with Crippen molar-refractivity contribution in [2.24, 2.45) is 0 Å². The lowest BCUT2D eigenvalue weighted by molar-refractivity contribution is 0.293. The lowest BCUT2D eigenvalue weighted by Gasteiger charge is -2.05. The fraction of sp³-hybridized carbons (Fsp3) is 0.333. The van der Waals surface area contributed by atoms with Gasteiger partial charge < -0.3 is 5.11 Å². The van der Waals surface area contributed by atoms with Gasteiger partial charge in [0, 0.05) is 0 Å². The third-order valence-corrected chi connectivity index (χ3v) is 4.34. The predicted octanol–water partition coefficient (Wildman–Crippen LogP) is 0.648. The summed E-state index contributed by atoms with van der Waals surface area (Å²) >= 11 is 0. The van der Waals surface area contributed by atoms with Crippen LogP contribution >= 0.6 is 0 Å². The van der Waals surface area contributed by atoms with Gasteiger partial charge in [-0.25, -0.2) is 8.42 Å². The van der Waals surface area contributed by atoms with Crippen molar-refractivity contribution < 1.29 is 13.5 Å². The summed E-state index contributed by atoms with van der Waals surface area (Å²) in [4.78, 5) is 0. The van der Waals surface area contributed by atoms with Gasteiger partial charge in [0.2, 0.25) is 0 Å². The Morgan fingerprint density at radius 1 is 1.38 bits per heavy atom. The molecule has 0 aliphatic carbocycles. The van der Waals surface area contributed by atoms with Crippen LogP contribution in [0, 0.1) is 0 Å². The first kappa shape index (κ1) is 8.72. The van der Waals surface area contributed by atoms with Crippen LogP contribution in [0.3, 0.4) is 0 Å². The van der Waals surface area contributed by atoms with E-state index in [2.05, 4.69) is 0 Å². The summed E-state index contributed by atoms with van der Waals surface area (Å²) in [6.07, 6.45) is 0. The molecule has 1 aliphatic rings. The molecule has 1 aromatic rings. The fourth-order valence-electron chi connectivity index (χ4n) is 1.70. The molecule has 4 heteroatoms. The van der Waals surface area contributed by atoms with Crippen LogP contribution in [0.5, 0.6) is 0 Å². The van der Waals surface area contributed by atoms with E-state index in [-0.39, 0.29) is 12.4 Å². The second-order valence-corrected chi connectivity index (χ2v) is 5.36. The van der Waals surface area contributed by atoms with Gasteiger partial charge in [-0.3, -0.25) is 0 Å². The molecule has 1 N–H and O–H groups in total. The third-order valence-electron chi connectivity index (χ3n) is 2.36. The molecule has 3 nitrogen and oxygen atoms in total. The molecular weight excluding hydrogens is 188 g/mol. The highest BCUT2D eigenvalue weighted by Crippen LogP contribution is 2.35. The van der Waals surface area contributed by atoms with Crippen LogP contribution < -0.4 is 0 Å². The van der Waals surface area contributed by atoms with Crippen LogP contribution in [-0.4, -0.2) is 20.1 Å². The van der Waals surface area contributed by atoms with Crippen molar-refractivity contribution in [2.45, 2.75) is 11.0 Å². The quantitative estimate of drug-likeness (QED) is 0.720. The third kappa shape index (κ3) is 1.26. The maximum Gasteiger partial charge on any atom is 0.163 e. The molecule has 1 unspecified atom stereocenters. The standard InChI is InChI=1S/C9H10O3S/c10-5-9-8-4-2-1-3-7(8)6-13(9,11)12/h1-4,9-10H,5-6H2. The van der Waals surface area contributed by atoms with Crippen molar-refractivity contribution in [2.75, 3.05) is 6.61 Å². The van der Waals surface area contributed by atoms with Gasteiger partial charge in [-0.2, -0.15) is 0 Å². The largest absolute Gasteiger partial charge is 0.395 e. The number of benzene rings is 1. The molecule has 1 aromatic carbocycles. The van der Waals surface area contributed by atoms with Crippen molar-refractivity contribution in [3.8, 4) is 0 Å². The van der Waals surface area contributed by atoms with Gasteiger partial charge in [-0.1, -0.05) is 24.3 Å². The number of hydrogen-bond acceptors (Lipinski definition) is 3. The van der Waals surface area contributed by atoms with Gasteiger partial charge >= 0.3 is 0 Å². The average Bonchev–Trinajstić information content (AvgIpc) is 2.33. The van der Waals surface area contributed by atoms with Crippen LogP contribution in [0.2, 0.25) is 0 Å². The molecule has 1 atom stereocenters. The fourth-order valence-corrected chi connectivity index (χ4v) is 3.44. The Morgan fingerprint density at radius 3 is 2.77 bits per heavy atom. The molecule has 1 heterocycles. The normalized spacial score (nSPS) is 24.2. The molecule has 0 bridgehead atoms. The number of aliphatic hydroxyl groups is 1. The summed E-state index contributed by atoms with van der Waals surface area (Å²) in [5, 5.41) is 8.26. The summed E-state index contributed by atoms with van der Waals surface area (Å²) in [5.41, 5.74) is 1.58. The average molecular weight is 198 g/mol. The van der Waals surface area contributed by atoms with Gasteiger partial charge in [0.05, 0.1) is 12.4 Å². The lowest BCUT2D eigenvalue weighted by atomic mass is 10.1. The topological polar surface area (TPSA) is 54.4 Å². The highest BCUT2D eigenvalue weighted by Gasteiger charge is 2.35. The molecule has 0 saturated heterocycles. The van der Waals surface area contributed by atoms with Crippen molar-refractivity contribution in [1.82, 2.24) is 0 Å². The van der Waals surface area contributed by atoms with Crippen molar-refractivity contribution in [3.63, 3.8) is 0 Å². The molecule has 0 amide bonds. The zero-order valence-electron chi connectivity index (χ0n) is 6.97.